The lowest BCUT2D eigenvalue weighted by atomic mass is 10.2. The smallest absolute Gasteiger partial charge is 0.266 e. The number of nitrogen functional groups attached to an aromatic ring is 1. The number of methoxy groups -OCH3 is 1. The van der Waals surface area contributed by atoms with Gasteiger partial charge in [-0.15, -0.1) is 11.3 Å². The van der Waals surface area contributed by atoms with Gasteiger partial charge in [-0.05, 0) is 24.3 Å². The molecule has 3 heterocycles. The third-order valence-corrected chi connectivity index (χ3v) is 5.81. The van der Waals surface area contributed by atoms with Gasteiger partial charge in [0.2, 0.25) is 0 Å². The summed E-state index contributed by atoms with van der Waals surface area (Å²) in [6.07, 6.45) is 1.72. The summed E-state index contributed by atoms with van der Waals surface area (Å²) < 4.78 is 5.45. The van der Waals surface area contributed by atoms with Crippen LogP contribution in [0.4, 0.5) is 11.4 Å². The van der Waals surface area contributed by atoms with Gasteiger partial charge in [0.05, 0.1) is 18.5 Å². The van der Waals surface area contributed by atoms with Gasteiger partial charge < -0.3 is 20.3 Å². The summed E-state index contributed by atoms with van der Waals surface area (Å²) in [6.45, 7) is 2.82. The van der Waals surface area contributed by atoms with Crippen LogP contribution in [0.2, 0.25) is 0 Å². The number of pyridine rings is 1. The number of benzene rings is 1. The number of nitrogens with zero attached hydrogens (tertiary/aromatic N) is 3. The van der Waals surface area contributed by atoms with E-state index >= 15 is 0 Å². The summed E-state index contributed by atoms with van der Waals surface area (Å²) in [5, 5.41) is 0.855. The number of nitrogens with two attached hydrogens (primary N) is 1. The van der Waals surface area contributed by atoms with Crippen molar-refractivity contribution in [2.24, 2.45) is 0 Å². The molecule has 7 heteroatoms. The second kappa shape index (κ2) is 6.84. The number of para-hydroxylation sites is 2. The summed E-state index contributed by atoms with van der Waals surface area (Å²) in [6, 6.07) is 11.7. The van der Waals surface area contributed by atoms with E-state index in [9.17, 15) is 4.79 Å². The Labute approximate surface area is 155 Å². The fourth-order valence-corrected chi connectivity index (χ4v) is 4.33. The van der Waals surface area contributed by atoms with Crippen molar-refractivity contribution in [3.63, 3.8) is 0 Å². The first-order chi connectivity index (χ1) is 12.7. The van der Waals surface area contributed by atoms with Gasteiger partial charge in [-0.3, -0.25) is 4.79 Å². The van der Waals surface area contributed by atoms with Crippen molar-refractivity contribution in [3.8, 4) is 5.75 Å². The number of thiophene rings is 1. The van der Waals surface area contributed by atoms with Crippen LogP contribution >= 0.6 is 11.3 Å². The Morgan fingerprint density at radius 1 is 1.15 bits per heavy atom. The molecule has 2 aromatic heterocycles. The predicted molar refractivity (Wildman–Crippen MR) is 105 cm³/mol. The second-order valence-electron chi connectivity index (χ2n) is 6.15. The lowest BCUT2D eigenvalue weighted by Crippen LogP contribution is -2.48. The second-order valence-corrected chi connectivity index (χ2v) is 7.15. The minimum Gasteiger partial charge on any atom is -0.495 e. The molecule has 1 aliphatic heterocycles. The van der Waals surface area contributed by atoms with Crippen molar-refractivity contribution >= 4 is 38.8 Å². The minimum absolute atomic E-state index is 0.00910. The number of hydrogen-bond acceptors (Lipinski definition) is 6. The van der Waals surface area contributed by atoms with Crippen molar-refractivity contribution in [2.75, 3.05) is 43.9 Å². The number of piperazine rings is 1. The zero-order valence-corrected chi connectivity index (χ0v) is 15.3. The maximum atomic E-state index is 12.9. The van der Waals surface area contributed by atoms with Crippen molar-refractivity contribution in [2.45, 2.75) is 0 Å². The van der Waals surface area contributed by atoms with Gasteiger partial charge in [0.15, 0.2) is 0 Å². The van der Waals surface area contributed by atoms with Gasteiger partial charge >= 0.3 is 0 Å². The van der Waals surface area contributed by atoms with Crippen LogP contribution < -0.4 is 15.4 Å². The maximum Gasteiger partial charge on any atom is 0.266 e. The van der Waals surface area contributed by atoms with Crippen LogP contribution in [-0.4, -0.2) is 49.1 Å². The van der Waals surface area contributed by atoms with Gasteiger partial charge in [-0.2, -0.15) is 0 Å². The van der Waals surface area contributed by atoms with E-state index in [0.717, 1.165) is 34.7 Å². The number of aromatic nitrogens is 1. The summed E-state index contributed by atoms with van der Waals surface area (Å²) in [4.78, 5) is 22.8. The van der Waals surface area contributed by atoms with Crippen molar-refractivity contribution in [1.29, 1.82) is 0 Å². The standard InChI is InChI=1S/C19H20N4O2S/c1-25-15-7-3-2-6-14(15)22-9-11-23(12-10-22)19(24)17-16(20)13-5-4-8-21-18(13)26-17/h2-8H,9-12,20H2,1H3. The average molecular weight is 368 g/mol. The zero-order valence-electron chi connectivity index (χ0n) is 14.5. The van der Waals surface area contributed by atoms with Crippen LogP contribution in [0.15, 0.2) is 42.6 Å². The van der Waals surface area contributed by atoms with Crippen LogP contribution in [0.1, 0.15) is 9.67 Å². The Bertz CT molecular complexity index is 948. The lowest BCUT2D eigenvalue weighted by molar-refractivity contribution is 0.0752. The van der Waals surface area contributed by atoms with Crippen LogP contribution in [0.25, 0.3) is 10.2 Å². The average Bonchev–Trinajstić information content (AvgIpc) is 3.04. The highest BCUT2D eigenvalue weighted by atomic mass is 32.1. The van der Waals surface area contributed by atoms with Crippen molar-refractivity contribution < 1.29 is 9.53 Å². The molecule has 134 valence electrons. The van der Waals surface area contributed by atoms with E-state index in [1.165, 1.54) is 11.3 Å². The SMILES string of the molecule is COc1ccccc1N1CCN(C(=O)c2sc3ncccc3c2N)CC1. The fourth-order valence-electron chi connectivity index (χ4n) is 3.30. The van der Waals surface area contributed by atoms with E-state index in [2.05, 4.69) is 9.88 Å². The molecule has 0 bridgehead atoms. The lowest BCUT2D eigenvalue weighted by Gasteiger charge is -2.36. The molecule has 4 rings (SSSR count). The maximum absolute atomic E-state index is 12.9. The first kappa shape index (κ1) is 16.7. The highest BCUT2D eigenvalue weighted by molar-refractivity contribution is 7.21. The van der Waals surface area contributed by atoms with Gasteiger partial charge in [0, 0.05) is 37.8 Å². The van der Waals surface area contributed by atoms with E-state index in [1.54, 1.807) is 13.3 Å². The molecule has 1 amide bonds. The molecule has 1 fully saturated rings. The summed E-state index contributed by atoms with van der Waals surface area (Å²) in [7, 11) is 1.68. The summed E-state index contributed by atoms with van der Waals surface area (Å²) in [5.74, 6) is 0.845. The van der Waals surface area contributed by atoms with Gasteiger partial charge in [0.25, 0.3) is 5.91 Å². The number of anilines is 2. The molecule has 1 aromatic carbocycles. The molecule has 3 aromatic rings. The van der Waals surface area contributed by atoms with Crippen molar-refractivity contribution in [3.05, 3.63) is 47.5 Å². The van der Waals surface area contributed by atoms with E-state index < -0.39 is 0 Å². The number of amides is 1. The Morgan fingerprint density at radius 2 is 1.92 bits per heavy atom. The predicted octanol–water partition coefficient (Wildman–Crippen LogP) is 2.85. The van der Waals surface area contributed by atoms with Crippen LogP contribution in [-0.2, 0) is 0 Å². The molecule has 0 spiro atoms. The van der Waals surface area contributed by atoms with E-state index in [1.807, 2.05) is 41.3 Å². The number of carbonyl (C=O) groups excluding carboxylic acids is 1. The largest absolute Gasteiger partial charge is 0.495 e. The molecule has 6 nitrogen and oxygen atoms in total. The summed E-state index contributed by atoms with van der Waals surface area (Å²) >= 11 is 1.37. The monoisotopic (exact) mass is 368 g/mol. The topological polar surface area (TPSA) is 71.7 Å². The van der Waals surface area contributed by atoms with Crippen LogP contribution in [0, 0.1) is 0 Å². The third-order valence-electron chi connectivity index (χ3n) is 4.69. The first-order valence-corrected chi connectivity index (χ1v) is 9.31. The Kier molecular flexibility index (Phi) is 4.38. The fraction of sp³-hybridized carbons (Fsp3) is 0.263. The number of hydrogen-bond donors (Lipinski definition) is 1. The Morgan fingerprint density at radius 3 is 2.65 bits per heavy atom. The molecule has 0 atom stereocenters. The minimum atomic E-state index is -0.00910. The van der Waals surface area contributed by atoms with Crippen LogP contribution in [0.3, 0.4) is 0 Å². The third kappa shape index (κ3) is 2.84. The molecule has 0 saturated carbocycles. The number of ether oxygens (including phenoxy) is 1. The molecule has 26 heavy (non-hydrogen) atoms. The zero-order chi connectivity index (χ0) is 18.1. The normalized spacial score (nSPS) is 14.7. The molecular weight excluding hydrogens is 348 g/mol. The molecule has 0 unspecified atom stereocenters. The molecule has 1 saturated heterocycles. The molecule has 0 radical (unpaired) electrons. The van der Waals surface area contributed by atoms with Crippen LogP contribution in [0.5, 0.6) is 5.75 Å². The van der Waals surface area contributed by atoms with Crippen molar-refractivity contribution in [1.82, 2.24) is 9.88 Å². The highest BCUT2D eigenvalue weighted by Gasteiger charge is 2.26. The highest BCUT2D eigenvalue weighted by Crippen LogP contribution is 2.33. The number of fused-ring (bicyclic) bond motifs is 1. The van der Waals surface area contributed by atoms with Gasteiger partial charge in [-0.25, -0.2) is 4.98 Å². The Hall–Kier alpha value is -2.80. The van der Waals surface area contributed by atoms with Gasteiger partial charge in [-0.1, -0.05) is 12.1 Å². The molecular formula is C19H20N4O2S. The van der Waals surface area contributed by atoms with E-state index in [-0.39, 0.29) is 5.91 Å². The van der Waals surface area contributed by atoms with Gasteiger partial charge in [0.1, 0.15) is 15.5 Å². The number of rotatable bonds is 3. The van der Waals surface area contributed by atoms with E-state index in [0.29, 0.717) is 23.7 Å². The quantitative estimate of drug-likeness (QED) is 0.770. The van der Waals surface area contributed by atoms with E-state index in [4.69, 9.17) is 10.5 Å². The summed E-state index contributed by atoms with van der Waals surface area (Å²) in [5.41, 5.74) is 7.80. The molecule has 0 aliphatic carbocycles. The molecule has 1 aliphatic rings. The Balaban J connectivity index is 1.50. The number of carbonyl (C=O) groups is 1. The molecule has 2 N–H and O–H groups in total. The first-order valence-electron chi connectivity index (χ1n) is 8.49.